The fraction of sp³-hybridized carbons (Fsp3) is 0.179. The topological polar surface area (TPSA) is 109 Å². The molecule has 0 saturated carbocycles. The second kappa shape index (κ2) is 10.2. The molecule has 1 fully saturated rings. The first-order valence-corrected chi connectivity index (χ1v) is 11.2. The number of anilines is 1. The third kappa shape index (κ3) is 4.34. The number of ether oxygens (including phenoxy) is 3. The summed E-state index contributed by atoms with van der Waals surface area (Å²) in [5.74, 6) is -0.446. The number of hydrogen-bond acceptors (Lipinski definition) is 7. The Morgan fingerprint density at radius 1 is 0.972 bits per heavy atom. The van der Waals surface area contributed by atoms with Gasteiger partial charge in [-0.3, -0.25) is 14.5 Å². The van der Waals surface area contributed by atoms with Crippen molar-refractivity contribution in [1.82, 2.24) is 0 Å². The van der Waals surface area contributed by atoms with Gasteiger partial charge in [0.25, 0.3) is 11.7 Å². The zero-order chi connectivity index (χ0) is 25.8. The molecule has 8 heteroatoms. The lowest BCUT2D eigenvalue weighted by atomic mass is 9.94. The Hall–Kier alpha value is -4.77. The number of aliphatic hydroxyl groups is 1. The normalized spacial score (nSPS) is 16.5. The number of carbonyl (C=O) groups is 2. The van der Waals surface area contributed by atoms with Crippen molar-refractivity contribution in [3.8, 4) is 23.3 Å². The monoisotopic (exact) mass is 484 g/mol. The van der Waals surface area contributed by atoms with Crippen molar-refractivity contribution in [3.05, 3.63) is 89.0 Å². The second-order valence-corrected chi connectivity index (χ2v) is 7.90. The van der Waals surface area contributed by atoms with Crippen molar-refractivity contribution in [3.63, 3.8) is 0 Å². The van der Waals surface area contributed by atoms with Crippen LogP contribution in [0.25, 0.3) is 5.76 Å². The molecule has 3 aromatic carbocycles. The molecule has 1 unspecified atom stereocenters. The molecule has 0 aliphatic carbocycles. The predicted octanol–water partition coefficient (Wildman–Crippen LogP) is 4.60. The van der Waals surface area contributed by atoms with E-state index in [9.17, 15) is 14.7 Å². The number of amides is 1. The van der Waals surface area contributed by atoms with Gasteiger partial charge in [0.1, 0.15) is 11.5 Å². The molecular weight excluding hydrogens is 460 g/mol. The van der Waals surface area contributed by atoms with Crippen LogP contribution in [0.2, 0.25) is 0 Å². The van der Waals surface area contributed by atoms with E-state index in [4.69, 9.17) is 19.5 Å². The van der Waals surface area contributed by atoms with Gasteiger partial charge < -0.3 is 19.3 Å². The summed E-state index contributed by atoms with van der Waals surface area (Å²) >= 11 is 0. The second-order valence-electron chi connectivity index (χ2n) is 7.90. The zero-order valence-corrected chi connectivity index (χ0v) is 20.0. The smallest absolute Gasteiger partial charge is 0.300 e. The number of aliphatic hydroxyl groups excluding tert-OH is 1. The van der Waals surface area contributed by atoms with Gasteiger partial charge in [0.2, 0.25) is 0 Å². The summed E-state index contributed by atoms with van der Waals surface area (Å²) in [6.45, 7) is 2.35. The molecule has 1 heterocycles. The minimum atomic E-state index is -0.954. The molecule has 1 N–H and O–H groups in total. The first-order chi connectivity index (χ1) is 17.4. The number of benzene rings is 3. The van der Waals surface area contributed by atoms with E-state index in [0.717, 1.165) is 0 Å². The van der Waals surface area contributed by atoms with Gasteiger partial charge in [-0.15, -0.1) is 0 Å². The minimum absolute atomic E-state index is 0.0688. The van der Waals surface area contributed by atoms with Gasteiger partial charge in [-0.1, -0.05) is 6.07 Å². The standard InChI is InChI=1S/C28H24N2O6/c1-4-36-21-12-7-18(8-13-21)26(31)24-25(19-9-14-22(34-2)23(15-19)35-3)30(28(33)27(24)32)20-10-5-17(16-29)6-11-20/h5-15,25,31H,4H2,1-3H3/b26-24-. The molecule has 182 valence electrons. The van der Waals surface area contributed by atoms with E-state index in [0.29, 0.717) is 46.2 Å². The lowest BCUT2D eigenvalue weighted by molar-refractivity contribution is -0.132. The summed E-state index contributed by atoms with van der Waals surface area (Å²) in [6, 6.07) is 19.0. The number of nitriles is 1. The molecule has 3 aromatic rings. The van der Waals surface area contributed by atoms with Crippen molar-refractivity contribution in [2.24, 2.45) is 0 Å². The Morgan fingerprint density at radius 3 is 2.22 bits per heavy atom. The van der Waals surface area contributed by atoms with E-state index in [2.05, 4.69) is 0 Å². The van der Waals surface area contributed by atoms with Gasteiger partial charge in [0, 0.05) is 11.3 Å². The SMILES string of the molecule is CCOc1ccc(/C(O)=C2/C(=O)C(=O)N(c3ccc(C#N)cc3)C2c2ccc(OC)c(OC)c2)cc1. The van der Waals surface area contributed by atoms with E-state index in [1.807, 2.05) is 13.0 Å². The van der Waals surface area contributed by atoms with Crippen LogP contribution < -0.4 is 19.1 Å². The molecule has 8 nitrogen and oxygen atoms in total. The van der Waals surface area contributed by atoms with Gasteiger partial charge in [-0.25, -0.2) is 0 Å². The minimum Gasteiger partial charge on any atom is -0.507 e. The van der Waals surface area contributed by atoms with Crippen LogP contribution in [-0.4, -0.2) is 37.6 Å². The summed E-state index contributed by atoms with van der Waals surface area (Å²) in [6.07, 6.45) is 0. The fourth-order valence-corrected chi connectivity index (χ4v) is 4.16. The van der Waals surface area contributed by atoms with Gasteiger partial charge in [0.15, 0.2) is 11.5 Å². The molecule has 1 aliphatic rings. The van der Waals surface area contributed by atoms with Gasteiger partial charge >= 0.3 is 0 Å². The molecule has 0 radical (unpaired) electrons. The van der Waals surface area contributed by atoms with E-state index < -0.39 is 17.7 Å². The van der Waals surface area contributed by atoms with E-state index in [-0.39, 0.29) is 11.3 Å². The number of carbonyl (C=O) groups excluding carboxylic acids is 2. The highest BCUT2D eigenvalue weighted by Gasteiger charge is 2.47. The molecule has 1 atom stereocenters. The maximum atomic E-state index is 13.3. The number of rotatable bonds is 7. The highest BCUT2D eigenvalue weighted by Crippen LogP contribution is 2.44. The van der Waals surface area contributed by atoms with Crippen LogP contribution in [-0.2, 0) is 9.59 Å². The Kier molecular flexibility index (Phi) is 6.93. The summed E-state index contributed by atoms with van der Waals surface area (Å²) in [5.41, 5.74) is 1.64. The zero-order valence-electron chi connectivity index (χ0n) is 20.0. The summed E-state index contributed by atoms with van der Waals surface area (Å²) in [5, 5.41) is 20.4. The Labute approximate surface area is 208 Å². The highest BCUT2D eigenvalue weighted by molar-refractivity contribution is 6.51. The van der Waals surface area contributed by atoms with Crippen LogP contribution in [0.4, 0.5) is 5.69 Å². The quantitative estimate of drug-likeness (QED) is 0.297. The highest BCUT2D eigenvalue weighted by atomic mass is 16.5. The van der Waals surface area contributed by atoms with Crippen molar-refractivity contribution in [2.75, 3.05) is 25.7 Å². The first kappa shape index (κ1) is 24.4. The van der Waals surface area contributed by atoms with Crippen molar-refractivity contribution in [2.45, 2.75) is 13.0 Å². The van der Waals surface area contributed by atoms with Crippen molar-refractivity contribution >= 4 is 23.1 Å². The van der Waals surface area contributed by atoms with Crippen LogP contribution in [0.5, 0.6) is 17.2 Å². The average Bonchev–Trinajstić information content (AvgIpc) is 3.18. The molecular formula is C28H24N2O6. The molecule has 4 rings (SSSR count). The number of ketones is 1. The van der Waals surface area contributed by atoms with Crippen molar-refractivity contribution < 1.29 is 28.9 Å². The third-order valence-corrected chi connectivity index (χ3v) is 5.88. The van der Waals surface area contributed by atoms with Gasteiger partial charge in [-0.05, 0) is 73.2 Å². The summed E-state index contributed by atoms with van der Waals surface area (Å²) in [7, 11) is 2.99. The number of methoxy groups -OCH3 is 2. The number of hydrogen-bond donors (Lipinski definition) is 1. The van der Waals surface area contributed by atoms with Crippen LogP contribution in [0.15, 0.2) is 72.3 Å². The third-order valence-electron chi connectivity index (χ3n) is 5.88. The van der Waals surface area contributed by atoms with E-state index in [1.165, 1.54) is 19.1 Å². The van der Waals surface area contributed by atoms with Gasteiger partial charge in [0.05, 0.1) is 44.1 Å². The predicted molar refractivity (Wildman–Crippen MR) is 133 cm³/mol. The average molecular weight is 485 g/mol. The summed E-state index contributed by atoms with van der Waals surface area (Å²) in [4.78, 5) is 27.9. The fourth-order valence-electron chi connectivity index (χ4n) is 4.16. The van der Waals surface area contributed by atoms with Crippen LogP contribution in [0.3, 0.4) is 0 Å². The Morgan fingerprint density at radius 2 is 1.64 bits per heavy atom. The number of Topliss-reactive ketones (excluding diaryl/α,β-unsaturated/α-hetero) is 1. The van der Waals surface area contributed by atoms with Crippen LogP contribution in [0, 0.1) is 11.3 Å². The molecule has 1 saturated heterocycles. The molecule has 36 heavy (non-hydrogen) atoms. The molecule has 0 spiro atoms. The van der Waals surface area contributed by atoms with E-state index >= 15 is 0 Å². The van der Waals surface area contributed by atoms with Crippen LogP contribution in [0.1, 0.15) is 29.7 Å². The molecule has 0 aromatic heterocycles. The van der Waals surface area contributed by atoms with Crippen molar-refractivity contribution in [1.29, 1.82) is 5.26 Å². The van der Waals surface area contributed by atoms with E-state index in [1.54, 1.807) is 66.7 Å². The summed E-state index contributed by atoms with van der Waals surface area (Å²) < 4.78 is 16.2. The number of nitrogens with zero attached hydrogens (tertiary/aromatic N) is 2. The molecule has 0 bridgehead atoms. The van der Waals surface area contributed by atoms with Crippen LogP contribution >= 0.6 is 0 Å². The lowest BCUT2D eigenvalue weighted by Crippen LogP contribution is -2.29. The lowest BCUT2D eigenvalue weighted by Gasteiger charge is -2.26. The molecule has 1 amide bonds. The Bertz CT molecular complexity index is 1370. The Balaban J connectivity index is 1.91. The maximum Gasteiger partial charge on any atom is 0.300 e. The molecule has 1 aliphatic heterocycles. The maximum absolute atomic E-state index is 13.3. The van der Waals surface area contributed by atoms with Gasteiger partial charge in [-0.2, -0.15) is 5.26 Å². The largest absolute Gasteiger partial charge is 0.507 e. The first-order valence-electron chi connectivity index (χ1n) is 11.2.